The molecule has 0 unspecified atom stereocenters. The molecule has 7 heteroatoms. The number of anilines is 1. The average Bonchev–Trinajstić information content (AvgIpc) is 3.21. The van der Waals surface area contributed by atoms with Crippen LogP contribution in [0.5, 0.6) is 0 Å². The van der Waals surface area contributed by atoms with Crippen LogP contribution in [-0.2, 0) is 4.79 Å². The quantitative estimate of drug-likeness (QED) is 0.321. The number of aromatic nitrogens is 2. The summed E-state index contributed by atoms with van der Waals surface area (Å²) in [6.07, 6.45) is 1.01. The maximum absolute atomic E-state index is 13.7. The number of hydrogen-bond donors (Lipinski definition) is 1. The molecule has 6 rings (SSSR count). The molecule has 1 aromatic heterocycles. The number of hydrogen-bond acceptors (Lipinski definition) is 5. The molecule has 0 saturated heterocycles. The highest BCUT2D eigenvalue weighted by Gasteiger charge is 2.41. The molecule has 1 N–H and O–H groups in total. The van der Waals surface area contributed by atoms with Gasteiger partial charge >= 0.3 is 0 Å². The van der Waals surface area contributed by atoms with E-state index in [2.05, 4.69) is 29.6 Å². The number of nitrogens with one attached hydrogen (secondary N) is 1. The Balaban J connectivity index is 1.56. The maximum atomic E-state index is 13.7. The molecule has 168 valence electrons. The van der Waals surface area contributed by atoms with E-state index < -0.39 is 6.04 Å². The number of carbonyl (C=O) groups is 1. The SMILES string of the molecule is Cc1ccc([C@@H]2CC(=O)C3=C(C2)Nc2nc4ccccc4n2[C@H]3c2ccccc2[N+](=O)[O-])cc1. The minimum atomic E-state index is -0.619. The molecular formula is C27H22N4O3. The minimum Gasteiger partial charge on any atom is -0.329 e. The number of imidazole rings is 1. The number of carbonyl (C=O) groups excluding carboxylic acids is 1. The van der Waals surface area contributed by atoms with Crippen molar-refractivity contribution in [2.24, 2.45) is 0 Å². The van der Waals surface area contributed by atoms with E-state index in [0.29, 0.717) is 29.9 Å². The van der Waals surface area contributed by atoms with Crippen molar-refractivity contribution >= 4 is 28.5 Å². The Hall–Kier alpha value is -4.26. The molecule has 0 saturated carbocycles. The van der Waals surface area contributed by atoms with Crippen LogP contribution in [0.25, 0.3) is 11.0 Å². The monoisotopic (exact) mass is 450 g/mol. The van der Waals surface area contributed by atoms with Gasteiger partial charge in [0.05, 0.1) is 27.6 Å². The van der Waals surface area contributed by atoms with Gasteiger partial charge in [0.15, 0.2) is 5.78 Å². The van der Waals surface area contributed by atoms with E-state index in [-0.39, 0.29) is 22.3 Å². The van der Waals surface area contributed by atoms with E-state index in [9.17, 15) is 14.9 Å². The van der Waals surface area contributed by atoms with Crippen LogP contribution in [0.1, 0.15) is 41.5 Å². The molecule has 2 heterocycles. The molecule has 1 aliphatic heterocycles. The molecular weight excluding hydrogens is 428 g/mol. The summed E-state index contributed by atoms with van der Waals surface area (Å²) in [5.74, 6) is 0.646. The van der Waals surface area contributed by atoms with Gasteiger partial charge in [0.2, 0.25) is 5.95 Å². The summed E-state index contributed by atoms with van der Waals surface area (Å²) in [7, 11) is 0. The maximum Gasteiger partial charge on any atom is 0.275 e. The van der Waals surface area contributed by atoms with Gasteiger partial charge in [0.25, 0.3) is 5.69 Å². The Morgan fingerprint density at radius 3 is 2.53 bits per heavy atom. The highest BCUT2D eigenvalue weighted by Crippen LogP contribution is 2.47. The lowest BCUT2D eigenvalue weighted by atomic mass is 9.77. The third-order valence-corrected chi connectivity index (χ3v) is 6.87. The van der Waals surface area contributed by atoms with E-state index >= 15 is 0 Å². The number of benzene rings is 3. The molecule has 4 aromatic rings. The van der Waals surface area contributed by atoms with Gasteiger partial charge in [-0.1, -0.05) is 54.1 Å². The zero-order valence-electron chi connectivity index (χ0n) is 18.6. The van der Waals surface area contributed by atoms with Gasteiger partial charge < -0.3 is 5.32 Å². The average molecular weight is 450 g/mol. The molecule has 2 atom stereocenters. The van der Waals surface area contributed by atoms with Crippen LogP contribution < -0.4 is 5.32 Å². The number of nitrogens with zero attached hydrogens (tertiary/aromatic N) is 3. The topological polar surface area (TPSA) is 90.1 Å². The first-order valence-corrected chi connectivity index (χ1v) is 11.3. The normalized spacial score (nSPS) is 19.5. The molecule has 0 radical (unpaired) electrons. The molecule has 0 fully saturated rings. The smallest absolute Gasteiger partial charge is 0.275 e. The Bertz CT molecular complexity index is 1500. The lowest BCUT2D eigenvalue weighted by molar-refractivity contribution is -0.385. The van der Waals surface area contributed by atoms with Crippen molar-refractivity contribution in [3.63, 3.8) is 0 Å². The number of ketones is 1. The van der Waals surface area contributed by atoms with Gasteiger partial charge in [-0.05, 0) is 43.0 Å². The molecule has 3 aromatic carbocycles. The van der Waals surface area contributed by atoms with Gasteiger partial charge in [-0.3, -0.25) is 19.5 Å². The van der Waals surface area contributed by atoms with E-state index in [1.165, 1.54) is 11.6 Å². The van der Waals surface area contributed by atoms with Crippen molar-refractivity contribution in [2.45, 2.75) is 31.7 Å². The lowest BCUT2D eigenvalue weighted by Crippen LogP contribution is -2.33. The van der Waals surface area contributed by atoms with E-state index in [0.717, 1.165) is 22.3 Å². The summed E-state index contributed by atoms with van der Waals surface area (Å²) < 4.78 is 1.93. The number of fused-ring (bicyclic) bond motifs is 3. The molecule has 2 aliphatic rings. The second-order valence-electron chi connectivity index (χ2n) is 8.97. The summed E-state index contributed by atoms with van der Waals surface area (Å²) in [5.41, 5.74) is 5.78. The predicted molar refractivity (Wildman–Crippen MR) is 130 cm³/mol. The number of nitro groups is 1. The summed E-state index contributed by atoms with van der Waals surface area (Å²) in [5, 5.41) is 15.4. The summed E-state index contributed by atoms with van der Waals surface area (Å²) in [4.78, 5) is 30.0. The first-order chi connectivity index (χ1) is 16.5. The Morgan fingerprint density at radius 1 is 1.00 bits per heavy atom. The first-order valence-electron chi connectivity index (χ1n) is 11.3. The van der Waals surface area contributed by atoms with Gasteiger partial charge in [0, 0.05) is 23.8 Å². The molecule has 0 amide bonds. The zero-order valence-corrected chi connectivity index (χ0v) is 18.6. The van der Waals surface area contributed by atoms with Crippen molar-refractivity contribution in [3.8, 4) is 0 Å². The number of aryl methyl sites for hydroxylation is 1. The van der Waals surface area contributed by atoms with Gasteiger partial charge in [-0.2, -0.15) is 0 Å². The van der Waals surface area contributed by atoms with Crippen LogP contribution in [-0.4, -0.2) is 20.3 Å². The van der Waals surface area contributed by atoms with Crippen molar-refractivity contribution < 1.29 is 9.72 Å². The van der Waals surface area contributed by atoms with Gasteiger partial charge in [-0.25, -0.2) is 4.98 Å². The second-order valence-corrected chi connectivity index (χ2v) is 8.97. The molecule has 0 spiro atoms. The van der Waals surface area contributed by atoms with Crippen molar-refractivity contribution in [1.82, 2.24) is 9.55 Å². The van der Waals surface area contributed by atoms with Crippen molar-refractivity contribution in [2.75, 3.05) is 5.32 Å². The molecule has 7 nitrogen and oxygen atoms in total. The van der Waals surface area contributed by atoms with Crippen LogP contribution in [0.3, 0.4) is 0 Å². The number of allylic oxidation sites excluding steroid dienone is 2. The molecule has 1 aliphatic carbocycles. The highest BCUT2D eigenvalue weighted by atomic mass is 16.6. The minimum absolute atomic E-state index is 0.00145. The largest absolute Gasteiger partial charge is 0.329 e. The van der Waals surface area contributed by atoms with Crippen LogP contribution in [0.2, 0.25) is 0 Å². The zero-order chi connectivity index (χ0) is 23.4. The summed E-state index contributed by atoms with van der Waals surface area (Å²) in [6, 6.07) is 22.0. The van der Waals surface area contributed by atoms with Crippen LogP contribution >= 0.6 is 0 Å². The Morgan fingerprint density at radius 2 is 1.74 bits per heavy atom. The number of para-hydroxylation sites is 3. The third-order valence-electron chi connectivity index (χ3n) is 6.87. The number of Topliss-reactive ketones (excluding diaryl/α,β-unsaturated/α-hetero) is 1. The number of nitro benzene ring substituents is 1. The van der Waals surface area contributed by atoms with Crippen molar-refractivity contribution in [3.05, 3.63) is 111 Å². The van der Waals surface area contributed by atoms with E-state index in [1.807, 2.05) is 35.8 Å². The first kappa shape index (κ1) is 20.4. The van der Waals surface area contributed by atoms with Gasteiger partial charge in [0.1, 0.15) is 0 Å². The Kier molecular flexibility index (Phi) is 4.58. The third kappa shape index (κ3) is 3.12. The highest BCUT2D eigenvalue weighted by molar-refractivity contribution is 6.01. The van der Waals surface area contributed by atoms with Crippen molar-refractivity contribution in [1.29, 1.82) is 0 Å². The fraction of sp³-hybridized carbons (Fsp3) is 0.185. The fourth-order valence-electron chi connectivity index (χ4n) is 5.28. The van der Waals surface area contributed by atoms with Gasteiger partial charge in [-0.15, -0.1) is 0 Å². The van der Waals surface area contributed by atoms with E-state index in [4.69, 9.17) is 4.98 Å². The lowest BCUT2D eigenvalue weighted by Gasteiger charge is -2.36. The Labute approximate surface area is 195 Å². The second kappa shape index (κ2) is 7.66. The predicted octanol–water partition coefficient (Wildman–Crippen LogP) is 5.67. The molecule has 34 heavy (non-hydrogen) atoms. The fourth-order valence-corrected chi connectivity index (χ4v) is 5.28. The van der Waals surface area contributed by atoms with Crippen LogP contribution in [0, 0.1) is 17.0 Å². The van der Waals surface area contributed by atoms with Crippen LogP contribution in [0.4, 0.5) is 11.6 Å². The van der Waals surface area contributed by atoms with Crippen LogP contribution in [0.15, 0.2) is 84.1 Å². The standard InChI is InChI=1S/C27H22N4O3/c1-16-10-12-17(13-11-16)18-14-21-25(24(32)15-18)26(19-6-2-4-8-22(19)31(33)34)30-23-9-5-3-7-20(23)28-27(30)29-21/h2-13,18,26H,14-15H2,1H3,(H,28,29)/t18-,26-/m0/s1. The van der Waals surface area contributed by atoms with E-state index in [1.54, 1.807) is 18.2 Å². The summed E-state index contributed by atoms with van der Waals surface area (Å²) >= 11 is 0. The number of rotatable bonds is 3. The summed E-state index contributed by atoms with van der Waals surface area (Å²) in [6.45, 7) is 2.04. The molecule has 0 bridgehead atoms.